The maximum atomic E-state index is 11.6. The second-order valence-electron chi connectivity index (χ2n) is 3.33. The van der Waals surface area contributed by atoms with Crippen LogP contribution in [-0.4, -0.2) is 16.9 Å². The van der Waals surface area contributed by atoms with Gasteiger partial charge in [-0.2, -0.15) is 0 Å². The standard InChI is InChI=1S/C11H14N2O3/c1-3-9(14)12-13-11(16)8-6-4-5-7(2)10(8)15/h4-6,15H,3H2,1-2H3,(H,12,14)(H,13,16). The minimum atomic E-state index is -0.539. The number of hydrogen-bond acceptors (Lipinski definition) is 3. The molecule has 86 valence electrons. The Balaban J connectivity index is 2.74. The maximum Gasteiger partial charge on any atom is 0.273 e. The molecule has 5 heteroatoms. The molecule has 16 heavy (non-hydrogen) atoms. The van der Waals surface area contributed by atoms with Gasteiger partial charge in [0, 0.05) is 6.42 Å². The minimum absolute atomic E-state index is 0.0780. The second kappa shape index (κ2) is 5.16. The number of phenols is 1. The molecule has 0 saturated carbocycles. The van der Waals surface area contributed by atoms with Crippen LogP contribution in [0.4, 0.5) is 0 Å². The van der Waals surface area contributed by atoms with E-state index in [0.717, 1.165) is 0 Å². The number of phenolic OH excluding ortho intramolecular Hbond substituents is 1. The van der Waals surface area contributed by atoms with Gasteiger partial charge in [0.1, 0.15) is 5.75 Å². The van der Waals surface area contributed by atoms with E-state index in [9.17, 15) is 14.7 Å². The summed E-state index contributed by atoms with van der Waals surface area (Å²) >= 11 is 0. The van der Waals surface area contributed by atoms with Gasteiger partial charge in [-0.3, -0.25) is 20.4 Å². The van der Waals surface area contributed by atoms with Crippen molar-refractivity contribution in [2.45, 2.75) is 20.3 Å². The van der Waals surface area contributed by atoms with Crippen molar-refractivity contribution in [3.05, 3.63) is 29.3 Å². The third kappa shape index (κ3) is 2.73. The fourth-order valence-electron chi connectivity index (χ4n) is 1.12. The first kappa shape index (κ1) is 12.0. The highest BCUT2D eigenvalue weighted by Crippen LogP contribution is 2.20. The second-order valence-corrected chi connectivity index (χ2v) is 3.33. The molecule has 1 rings (SSSR count). The van der Waals surface area contributed by atoms with Gasteiger partial charge >= 0.3 is 0 Å². The van der Waals surface area contributed by atoms with E-state index in [0.29, 0.717) is 5.56 Å². The largest absolute Gasteiger partial charge is 0.507 e. The average molecular weight is 222 g/mol. The van der Waals surface area contributed by atoms with Crippen molar-refractivity contribution < 1.29 is 14.7 Å². The summed E-state index contributed by atoms with van der Waals surface area (Å²) in [6.45, 7) is 3.36. The van der Waals surface area contributed by atoms with Crippen LogP contribution < -0.4 is 10.9 Å². The molecule has 0 aliphatic carbocycles. The van der Waals surface area contributed by atoms with Gasteiger partial charge in [-0.05, 0) is 18.6 Å². The van der Waals surface area contributed by atoms with Crippen LogP contribution in [0.25, 0.3) is 0 Å². The summed E-state index contributed by atoms with van der Waals surface area (Å²) < 4.78 is 0. The maximum absolute atomic E-state index is 11.6. The molecule has 0 aliphatic heterocycles. The van der Waals surface area contributed by atoms with E-state index in [1.54, 1.807) is 26.0 Å². The van der Waals surface area contributed by atoms with E-state index in [-0.39, 0.29) is 23.6 Å². The van der Waals surface area contributed by atoms with Gasteiger partial charge in [0.15, 0.2) is 0 Å². The van der Waals surface area contributed by atoms with Crippen LogP contribution in [0.15, 0.2) is 18.2 Å². The Hall–Kier alpha value is -2.04. The molecule has 0 spiro atoms. The van der Waals surface area contributed by atoms with Gasteiger partial charge < -0.3 is 5.11 Å². The van der Waals surface area contributed by atoms with Crippen LogP contribution in [-0.2, 0) is 4.79 Å². The van der Waals surface area contributed by atoms with E-state index in [1.165, 1.54) is 6.07 Å². The highest BCUT2D eigenvalue weighted by atomic mass is 16.3. The zero-order valence-corrected chi connectivity index (χ0v) is 9.20. The van der Waals surface area contributed by atoms with Crippen molar-refractivity contribution in [2.24, 2.45) is 0 Å². The van der Waals surface area contributed by atoms with E-state index in [2.05, 4.69) is 10.9 Å². The number of hydrazine groups is 1. The number of aryl methyl sites for hydroxylation is 1. The first-order chi connectivity index (χ1) is 7.56. The third-order valence-electron chi connectivity index (χ3n) is 2.12. The molecule has 0 aromatic heterocycles. The lowest BCUT2D eigenvalue weighted by atomic mass is 10.1. The number of aromatic hydroxyl groups is 1. The number of carbonyl (C=O) groups is 2. The Kier molecular flexibility index (Phi) is 3.88. The zero-order chi connectivity index (χ0) is 12.1. The minimum Gasteiger partial charge on any atom is -0.507 e. The number of para-hydroxylation sites is 1. The number of rotatable bonds is 2. The molecule has 0 heterocycles. The third-order valence-corrected chi connectivity index (χ3v) is 2.12. The van der Waals surface area contributed by atoms with Crippen molar-refractivity contribution in [2.75, 3.05) is 0 Å². The van der Waals surface area contributed by atoms with Crippen LogP contribution in [0.3, 0.4) is 0 Å². The molecule has 2 amide bonds. The number of carbonyl (C=O) groups excluding carboxylic acids is 2. The molecule has 5 nitrogen and oxygen atoms in total. The lowest BCUT2D eigenvalue weighted by Gasteiger charge is -2.08. The van der Waals surface area contributed by atoms with Gasteiger partial charge in [-0.25, -0.2) is 0 Å². The van der Waals surface area contributed by atoms with Crippen LogP contribution in [0, 0.1) is 6.92 Å². The first-order valence-corrected chi connectivity index (χ1v) is 4.94. The van der Waals surface area contributed by atoms with E-state index in [4.69, 9.17) is 0 Å². The van der Waals surface area contributed by atoms with Crippen molar-refractivity contribution >= 4 is 11.8 Å². The van der Waals surface area contributed by atoms with Gasteiger partial charge in [0.05, 0.1) is 5.56 Å². The smallest absolute Gasteiger partial charge is 0.273 e. The fourth-order valence-corrected chi connectivity index (χ4v) is 1.12. The Bertz CT molecular complexity index is 416. The summed E-state index contributed by atoms with van der Waals surface area (Å²) in [7, 11) is 0. The number of benzene rings is 1. The van der Waals surface area contributed by atoms with Gasteiger partial charge in [-0.1, -0.05) is 19.1 Å². The summed E-state index contributed by atoms with van der Waals surface area (Å²) in [6, 6.07) is 4.83. The summed E-state index contributed by atoms with van der Waals surface area (Å²) in [5, 5.41) is 9.62. The molecule has 0 saturated heterocycles. The van der Waals surface area contributed by atoms with Gasteiger partial charge in [0.2, 0.25) is 5.91 Å². The first-order valence-electron chi connectivity index (χ1n) is 4.94. The quantitative estimate of drug-likeness (QED) is 0.650. The number of nitrogens with one attached hydrogen (secondary N) is 2. The fraction of sp³-hybridized carbons (Fsp3) is 0.273. The zero-order valence-electron chi connectivity index (χ0n) is 9.20. The molecule has 0 atom stereocenters. The SMILES string of the molecule is CCC(=O)NNC(=O)c1cccc(C)c1O. The number of amides is 2. The molecule has 0 bridgehead atoms. The molecule has 0 aliphatic rings. The Morgan fingerprint density at radius 1 is 1.31 bits per heavy atom. The topological polar surface area (TPSA) is 78.4 Å². The summed E-state index contributed by atoms with van der Waals surface area (Å²) in [5.74, 6) is -0.908. The van der Waals surface area contributed by atoms with Crippen molar-refractivity contribution in [3.8, 4) is 5.75 Å². The Labute approximate surface area is 93.4 Å². The van der Waals surface area contributed by atoms with Crippen LogP contribution in [0.5, 0.6) is 5.75 Å². The lowest BCUT2D eigenvalue weighted by molar-refractivity contribution is -0.121. The average Bonchev–Trinajstić information content (AvgIpc) is 2.29. The van der Waals surface area contributed by atoms with E-state index < -0.39 is 5.91 Å². The summed E-state index contributed by atoms with van der Waals surface area (Å²) in [4.78, 5) is 22.5. The van der Waals surface area contributed by atoms with Gasteiger partial charge in [-0.15, -0.1) is 0 Å². The molecule has 0 unspecified atom stereocenters. The predicted molar refractivity (Wildman–Crippen MR) is 58.7 cm³/mol. The Morgan fingerprint density at radius 2 is 2.00 bits per heavy atom. The highest BCUT2D eigenvalue weighted by Gasteiger charge is 2.12. The molecule has 0 radical (unpaired) electrons. The van der Waals surface area contributed by atoms with E-state index >= 15 is 0 Å². The lowest BCUT2D eigenvalue weighted by Crippen LogP contribution is -2.41. The van der Waals surface area contributed by atoms with Gasteiger partial charge in [0.25, 0.3) is 5.91 Å². The van der Waals surface area contributed by atoms with Crippen molar-refractivity contribution in [1.29, 1.82) is 0 Å². The molecule has 1 aromatic rings. The molecule has 0 fully saturated rings. The Morgan fingerprint density at radius 3 is 2.62 bits per heavy atom. The van der Waals surface area contributed by atoms with Crippen molar-refractivity contribution in [3.63, 3.8) is 0 Å². The molecular formula is C11H14N2O3. The van der Waals surface area contributed by atoms with Crippen LogP contribution in [0.2, 0.25) is 0 Å². The van der Waals surface area contributed by atoms with E-state index in [1.807, 2.05) is 0 Å². The monoisotopic (exact) mass is 222 g/mol. The van der Waals surface area contributed by atoms with Crippen LogP contribution in [0.1, 0.15) is 29.3 Å². The highest BCUT2D eigenvalue weighted by molar-refractivity contribution is 5.98. The van der Waals surface area contributed by atoms with Crippen LogP contribution >= 0.6 is 0 Å². The molecular weight excluding hydrogens is 208 g/mol. The number of hydrogen-bond donors (Lipinski definition) is 3. The normalized spacial score (nSPS) is 9.62. The predicted octanol–water partition coefficient (Wildman–Crippen LogP) is 0.872. The van der Waals surface area contributed by atoms with Crippen molar-refractivity contribution in [1.82, 2.24) is 10.9 Å². The molecule has 1 aromatic carbocycles. The summed E-state index contributed by atoms with van der Waals surface area (Å²) in [5.41, 5.74) is 5.19. The summed E-state index contributed by atoms with van der Waals surface area (Å²) in [6.07, 6.45) is 0.278. The molecule has 3 N–H and O–H groups in total.